The lowest BCUT2D eigenvalue weighted by molar-refractivity contribution is 0.586. The van der Waals surface area contributed by atoms with Crippen molar-refractivity contribution in [3.8, 4) is 0 Å². The number of hydrogen-bond donors (Lipinski definition) is 2. The summed E-state index contributed by atoms with van der Waals surface area (Å²) in [6.45, 7) is 6.46. The summed E-state index contributed by atoms with van der Waals surface area (Å²) in [5, 5.41) is 7.72. The molecule has 0 aromatic carbocycles. The first kappa shape index (κ1) is 9.82. The van der Waals surface area contributed by atoms with Gasteiger partial charge in [0.05, 0.1) is 0 Å². The van der Waals surface area contributed by atoms with Gasteiger partial charge in [0.25, 0.3) is 0 Å². The van der Waals surface area contributed by atoms with E-state index in [0.717, 1.165) is 6.42 Å². The van der Waals surface area contributed by atoms with Crippen LogP contribution in [-0.2, 0) is 0 Å². The smallest absolute Gasteiger partial charge is 0.151 e. The maximum absolute atomic E-state index is 7.01. The van der Waals surface area contributed by atoms with Crippen molar-refractivity contribution in [2.45, 2.75) is 32.4 Å². The van der Waals surface area contributed by atoms with E-state index >= 15 is 0 Å². The molecule has 10 heavy (non-hydrogen) atoms. The molecule has 0 saturated carbocycles. The van der Waals surface area contributed by atoms with Crippen LogP contribution in [0, 0.1) is 11.3 Å². The summed E-state index contributed by atoms with van der Waals surface area (Å²) >= 11 is 1.44. The molecule has 0 bridgehead atoms. The standard InChI is InChI=1S/C7H16N2S/c1-5(2)4-6(3)10-7(8)9/h5-6H,4H2,1-3H3,(H3,8,9). The Morgan fingerprint density at radius 2 is 2.00 bits per heavy atom. The van der Waals surface area contributed by atoms with Gasteiger partial charge in [-0.3, -0.25) is 5.41 Å². The summed E-state index contributed by atoms with van der Waals surface area (Å²) in [5.74, 6) is 0.696. The molecule has 0 aliphatic rings. The van der Waals surface area contributed by atoms with Crippen LogP contribution in [-0.4, -0.2) is 10.4 Å². The van der Waals surface area contributed by atoms with Crippen molar-refractivity contribution in [2.75, 3.05) is 0 Å². The summed E-state index contributed by atoms with van der Waals surface area (Å²) in [7, 11) is 0. The Morgan fingerprint density at radius 3 is 2.30 bits per heavy atom. The molecule has 0 aliphatic carbocycles. The Balaban J connectivity index is 3.43. The lowest BCUT2D eigenvalue weighted by Crippen LogP contribution is -2.11. The van der Waals surface area contributed by atoms with Crippen molar-refractivity contribution in [1.82, 2.24) is 0 Å². The third kappa shape index (κ3) is 5.95. The Labute approximate surface area is 67.1 Å². The molecule has 60 valence electrons. The van der Waals surface area contributed by atoms with Crippen LogP contribution in [0.1, 0.15) is 27.2 Å². The maximum Gasteiger partial charge on any atom is 0.151 e. The van der Waals surface area contributed by atoms with E-state index in [1.807, 2.05) is 0 Å². The SMILES string of the molecule is CC(C)CC(C)SC(=N)N. The third-order valence-corrected chi connectivity index (χ3v) is 1.98. The minimum Gasteiger partial charge on any atom is -0.379 e. The first-order chi connectivity index (χ1) is 4.52. The molecular weight excluding hydrogens is 144 g/mol. The predicted molar refractivity (Wildman–Crippen MR) is 48.4 cm³/mol. The average Bonchev–Trinajstić information content (AvgIpc) is 1.58. The molecule has 0 saturated heterocycles. The highest BCUT2D eigenvalue weighted by Gasteiger charge is 2.05. The van der Waals surface area contributed by atoms with E-state index in [0.29, 0.717) is 11.2 Å². The van der Waals surface area contributed by atoms with Gasteiger partial charge in [0.1, 0.15) is 0 Å². The van der Waals surface area contributed by atoms with Gasteiger partial charge in [0.15, 0.2) is 5.17 Å². The summed E-state index contributed by atoms with van der Waals surface area (Å²) in [4.78, 5) is 0. The normalized spacial score (nSPS) is 13.6. The molecule has 0 rings (SSSR count). The Morgan fingerprint density at radius 1 is 1.50 bits per heavy atom. The highest BCUT2D eigenvalue weighted by Crippen LogP contribution is 2.17. The van der Waals surface area contributed by atoms with E-state index in [1.165, 1.54) is 11.8 Å². The van der Waals surface area contributed by atoms with Gasteiger partial charge in [-0.05, 0) is 12.3 Å². The Bertz CT molecular complexity index is 112. The number of thioether (sulfide) groups is 1. The van der Waals surface area contributed by atoms with Gasteiger partial charge in [0, 0.05) is 5.25 Å². The van der Waals surface area contributed by atoms with Crippen LogP contribution in [0.15, 0.2) is 0 Å². The van der Waals surface area contributed by atoms with E-state index in [1.54, 1.807) is 0 Å². The van der Waals surface area contributed by atoms with Crippen LogP contribution >= 0.6 is 11.8 Å². The molecule has 1 atom stereocenters. The third-order valence-electron chi connectivity index (χ3n) is 1.13. The van der Waals surface area contributed by atoms with Gasteiger partial charge in [-0.2, -0.15) is 0 Å². The highest BCUT2D eigenvalue weighted by atomic mass is 32.2. The lowest BCUT2D eigenvalue weighted by atomic mass is 10.1. The van der Waals surface area contributed by atoms with Crippen molar-refractivity contribution in [1.29, 1.82) is 5.41 Å². The number of rotatable bonds is 3. The van der Waals surface area contributed by atoms with E-state index in [9.17, 15) is 0 Å². The fourth-order valence-electron chi connectivity index (χ4n) is 0.929. The lowest BCUT2D eigenvalue weighted by Gasteiger charge is -2.11. The molecule has 0 heterocycles. The van der Waals surface area contributed by atoms with E-state index in [4.69, 9.17) is 11.1 Å². The minimum atomic E-state index is 0.230. The van der Waals surface area contributed by atoms with Crippen molar-refractivity contribution in [3.63, 3.8) is 0 Å². The van der Waals surface area contributed by atoms with Gasteiger partial charge < -0.3 is 5.73 Å². The largest absolute Gasteiger partial charge is 0.379 e. The average molecular weight is 160 g/mol. The van der Waals surface area contributed by atoms with Crippen LogP contribution in [0.2, 0.25) is 0 Å². The van der Waals surface area contributed by atoms with Gasteiger partial charge in [-0.15, -0.1) is 0 Å². The molecule has 0 radical (unpaired) electrons. The van der Waals surface area contributed by atoms with Gasteiger partial charge in [-0.25, -0.2) is 0 Å². The number of nitrogens with two attached hydrogens (primary N) is 1. The zero-order chi connectivity index (χ0) is 8.15. The van der Waals surface area contributed by atoms with E-state index in [-0.39, 0.29) is 5.17 Å². The molecule has 1 unspecified atom stereocenters. The van der Waals surface area contributed by atoms with Crippen LogP contribution in [0.5, 0.6) is 0 Å². The fourth-order valence-corrected chi connectivity index (χ4v) is 1.84. The second-order valence-corrected chi connectivity index (χ2v) is 4.40. The molecule has 0 fully saturated rings. The monoisotopic (exact) mass is 160 g/mol. The first-order valence-corrected chi connectivity index (χ1v) is 4.41. The number of amidine groups is 1. The molecule has 2 nitrogen and oxygen atoms in total. The predicted octanol–water partition coefficient (Wildman–Crippen LogP) is 2.05. The summed E-state index contributed by atoms with van der Waals surface area (Å²) in [6.07, 6.45) is 1.13. The fraction of sp³-hybridized carbons (Fsp3) is 0.857. The molecule has 3 N–H and O–H groups in total. The van der Waals surface area contributed by atoms with Crippen molar-refractivity contribution in [3.05, 3.63) is 0 Å². The molecule has 0 aromatic heterocycles. The summed E-state index contributed by atoms with van der Waals surface area (Å²) in [5.41, 5.74) is 5.22. The molecule has 0 aromatic rings. The van der Waals surface area contributed by atoms with Crippen LogP contribution in [0.25, 0.3) is 0 Å². The van der Waals surface area contributed by atoms with Crippen LogP contribution < -0.4 is 5.73 Å². The molecule has 3 heteroatoms. The second-order valence-electron chi connectivity index (χ2n) is 2.92. The van der Waals surface area contributed by atoms with Crippen molar-refractivity contribution < 1.29 is 0 Å². The Kier molecular flexibility index (Phi) is 4.52. The van der Waals surface area contributed by atoms with Crippen LogP contribution in [0.4, 0.5) is 0 Å². The second kappa shape index (κ2) is 4.61. The van der Waals surface area contributed by atoms with Gasteiger partial charge in [0.2, 0.25) is 0 Å². The zero-order valence-electron chi connectivity index (χ0n) is 6.85. The topological polar surface area (TPSA) is 49.9 Å². The summed E-state index contributed by atoms with van der Waals surface area (Å²) < 4.78 is 0. The van der Waals surface area contributed by atoms with Crippen molar-refractivity contribution >= 4 is 16.9 Å². The van der Waals surface area contributed by atoms with Crippen LogP contribution in [0.3, 0.4) is 0 Å². The molecule has 0 spiro atoms. The van der Waals surface area contributed by atoms with Crippen molar-refractivity contribution in [2.24, 2.45) is 11.7 Å². The van der Waals surface area contributed by atoms with Gasteiger partial charge >= 0.3 is 0 Å². The highest BCUT2D eigenvalue weighted by molar-refractivity contribution is 8.14. The molecule has 0 aliphatic heterocycles. The number of hydrogen-bond acceptors (Lipinski definition) is 2. The molecule has 0 amide bonds. The minimum absolute atomic E-state index is 0.230. The molecular formula is C7H16N2S. The van der Waals surface area contributed by atoms with Gasteiger partial charge in [-0.1, -0.05) is 32.5 Å². The Hall–Kier alpha value is -0.180. The quantitative estimate of drug-likeness (QED) is 0.490. The number of nitrogens with one attached hydrogen (secondary N) is 1. The van der Waals surface area contributed by atoms with E-state index in [2.05, 4.69) is 20.8 Å². The zero-order valence-corrected chi connectivity index (χ0v) is 7.66. The first-order valence-electron chi connectivity index (χ1n) is 3.53. The van der Waals surface area contributed by atoms with E-state index < -0.39 is 0 Å². The maximum atomic E-state index is 7.01. The summed E-state index contributed by atoms with van der Waals surface area (Å²) in [6, 6.07) is 0.